The average Bonchev–Trinajstić information content (AvgIpc) is 2.37. The molecule has 0 aromatic heterocycles. The van der Waals surface area contributed by atoms with Crippen LogP contribution in [0.1, 0.15) is 25.0 Å². The zero-order valence-corrected chi connectivity index (χ0v) is 12.1. The maximum Gasteiger partial charge on any atom is 0.416 e. The van der Waals surface area contributed by atoms with Crippen LogP contribution in [0, 0.1) is 17.6 Å². The predicted molar refractivity (Wildman–Crippen MR) is 75.3 cm³/mol. The molecule has 2 aromatic rings. The van der Waals surface area contributed by atoms with Gasteiger partial charge >= 0.3 is 6.18 Å². The summed E-state index contributed by atoms with van der Waals surface area (Å²) in [7, 11) is 0. The zero-order chi connectivity index (χ0) is 16.5. The second kappa shape index (κ2) is 6.07. The van der Waals surface area contributed by atoms with Crippen LogP contribution in [-0.4, -0.2) is 0 Å². The lowest BCUT2D eigenvalue weighted by Gasteiger charge is -2.11. The van der Waals surface area contributed by atoms with Crippen LogP contribution in [0.15, 0.2) is 36.4 Å². The van der Waals surface area contributed by atoms with Crippen molar-refractivity contribution in [1.29, 1.82) is 0 Å². The minimum Gasteiger partial charge on any atom is -0.206 e. The molecule has 118 valence electrons. The van der Waals surface area contributed by atoms with Gasteiger partial charge in [-0.2, -0.15) is 13.2 Å². The van der Waals surface area contributed by atoms with Gasteiger partial charge < -0.3 is 0 Å². The van der Waals surface area contributed by atoms with E-state index in [9.17, 15) is 22.0 Å². The average molecular weight is 314 g/mol. The lowest BCUT2D eigenvalue weighted by atomic mass is 9.97. The number of rotatable bonds is 3. The summed E-state index contributed by atoms with van der Waals surface area (Å²) in [4.78, 5) is 0. The maximum absolute atomic E-state index is 14.1. The molecule has 0 fully saturated rings. The van der Waals surface area contributed by atoms with Gasteiger partial charge in [0.05, 0.1) is 5.56 Å². The summed E-state index contributed by atoms with van der Waals surface area (Å²) < 4.78 is 65.5. The van der Waals surface area contributed by atoms with Gasteiger partial charge in [0, 0.05) is 11.1 Å². The molecule has 0 radical (unpaired) electrons. The Hall–Kier alpha value is -1.91. The molecule has 0 atom stereocenters. The minimum atomic E-state index is -4.63. The fourth-order valence-electron chi connectivity index (χ4n) is 2.29. The van der Waals surface area contributed by atoms with E-state index in [0.29, 0.717) is 18.4 Å². The number of hydrogen-bond acceptors (Lipinski definition) is 0. The summed E-state index contributed by atoms with van der Waals surface area (Å²) in [5.74, 6) is -1.39. The van der Waals surface area contributed by atoms with E-state index < -0.39 is 23.4 Å². The first-order chi connectivity index (χ1) is 10.2. The fraction of sp³-hybridized carbons (Fsp3) is 0.294. The van der Waals surface area contributed by atoms with E-state index in [-0.39, 0.29) is 11.1 Å². The Morgan fingerprint density at radius 3 is 1.86 bits per heavy atom. The minimum absolute atomic E-state index is 0.0428. The van der Waals surface area contributed by atoms with E-state index in [4.69, 9.17) is 0 Å². The fourth-order valence-corrected chi connectivity index (χ4v) is 2.29. The molecular weight excluding hydrogens is 299 g/mol. The highest BCUT2D eigenvalue weighted by Crippen LogP contribution is 2.33. The van der Waals surface area contributed by atoms with Gasteiger partial charge in [-0.1, -0.05) is 32.0 Å². The number of alkyl halides is 3. The van der Waals surface area contributed by atoms with Gasteiger partial charge in [-0.15, -0.1) is 0 Å². The van der Waals surface area contributed by atoms with Crippen LogP contribution in [-0.2, 0) is 12.6 Å². The third kappa shape index (κ3) is 3.64. The summed E-state index contributed by atoms with van der Waals surface area (Å²) in [6, 6.07) is 6.45. The smallest absolute Gasteiger partial charge is 0.206 e. The Bertz CT molecular complexity index is 671. The highest BCUT2D eigenvalue weighted by molar-refractivity contribution is 5.65. The molecule has 0 aliphatic carbocycles. The molecule has 0 N–H and O–H groups in total. The number of hydrogen-bond donors (Lipinski definition) is 0. The second-order valence-electron chi connectivity index (χ2n) is 5.60. The van der Waals surface area contributed by atoms with Crippen molar-refractivity contribution in [2.45, 2.75) is 26.4 Å². The first kappa shape index (κ1) is 16.5. The topological polar surface area (TPSA) is 0 Å². The van der Waals surface area contributed by atoms with Gasteiger partial charge in [-0.05, 0) is 36.1 Å². The molecule has 0 aliphatic heterocycles. The summed E-state index contributed by atoms with van der Waals surface area (Å²) in [6.07, 6.45) is -3.95. The predicted octanol–water partition coefficient (Wildman–Crippen LogP) is 5.85. The summed E-state index contributed by atoms with van der Waals surface area (Å²) in [6.45, 7) is 3.97. The summed E-state index contributed by atoms with van der Waals surface area (Å²) >= 11 is 0. The Morgan fingerprint density at radius 1 is 0.864 bits per heavy atom. The van der Waals surface area contributed by atoms with Crippen molar-refractivity contribution in [3.63, 3.8) is 0 Å². The highest BCUT2D eigenvalue weighted by atomic mass is 19.4. The van der Waals surface area contributed by atoms with E-state index in [1.165, 1.54) is 12.1 Å². The van der Waals surface area contributed by atoms with E-state index in [2.05, 4.69) is 0 Å². The third-order valence-corrected chi connectivity index (χ3v) is 3.26. The van der Waals surface area contributed by atoms with Gasteiger partial charge in [0.1, 0.15) is 11.6 Å². The summed E-state index contributed by atoms with van der Waals surface area (Å²) in [5, 5.41) is 0. The lowest BCUT2D eigenvalue weighted by Crippen LogP contribution is -2.05. The Kier molecular flexibility index (Phi) is 4.54. The molecule has 0 nitrogen and oxygen atoms in total. The first-order valence-electron chi connectivity index (χ1n) is 6.84. The zero-order valence-electron chi connectivity index (χ0n) is 12.1. The van der Waals surface area contributed by atoms with E-state index >= 15 is 0 Å². The molecule has 0 spiro atoms. The molecule has 0 aliphatic rings. The van der Waals surface area contributed by atoms with Gasteiger partial charge in [-0.3, -0.25) is 0 Å². The van der Waals surface area contributed by atoms with Crippen LogP contribution >= 0.6 is 0 Å². The quantitative estimate of drug-likeness (QED) is 0.623. The van der Waals surface area contributed by atoms with Crippen molar-refractivity contribution in [3.8, 4) is 11.1 Å². The second-order valence-corrected chi connectivity index (χ2v) is 5.60. The van der Waals surface area contributed by atoms with Crippen molar-refractivity contribution < 1.29 is 22.0 Å². The Morgan fingerprint density at radius 2 is 1.41 bits per heavy atom. The van der Waals surface area contributed by atoms with Crippen LogP contribution in [0.4, 0.5) is 22.0 Å². The molecule has 0 heterocycles. The van der Waals surface area contributed by atoms with Gasteiger partial charge in [0.2, 0.25) is 0 Å². The Balaban J connectivity index is 2.40. The first-order valence-corrected chi connectivity index (χ1v) is 6.84. The molecule has 0 saturated carbocycles. The van der Waals surface area contributed by atoms with Gasteiger partial charge in [-0.25, -0.2) is 8.78 Å². The van der Waals surface area contributed by atoms with E-state index in [1.807, 2.05) is 13.8 Å². The SMILES string of the molecule is CC(C)Cc1ccc(-c2ccc(C(F)(F)F)cc2F)c(F)c1. The van der Waals surface area contributed by atoms with Crippen molar-refractivity contribution >= 4 is 0 Å². The largest absolute Gasteiger partial charge is 0.416 e. The monoisotopic (exact) mass is 314 g/mol. The molecule has 22 heavy (non-hydrogen) atoms. The molecule has 0 amide bonds. The number of benzene rings is 2. The van der Waals surface area contributed by atoms with E-state index in [0.717, 1.165) is 17.7 Å². The van der Waals surface area contributed by atoms with Crippen LogP contribution in [0.2, 0.25) is 0 Å². The standard InChI is InChI=1S/C17H15F5/c1-10(2)7-11-3-5-13(15(18)8-11)14-6-4-12(9-16(14)19)17(20,21)22/h3-6,8-10H,7H2,1-2H3. The summed E-state index contributed by atoms with van der Waals surface area (Å²) in [5.41, 5.74) is -0.547. The molecule has 0 bridgehead atoms. The Labute approximate surface area is 125 Å². The number of halogens is 5. The molecule has 5 heteroatoms. The van der Waals surface area contributed by atoms with Gasteiger partial charge in [0.15, 0.2) is 0 Å². The lowest BCUT2D eigenvalue weighted by molar-refractivity contribution is -0.137. The molecule has 0 unspecified atom stereocenters. The molecule has 2 aromatic carbocycles. The molecule has 2 rings (SSSR count). The third-order valence-electron chi connectivity index (χ3n) is 3.26. The van der Waals surface area contributed by atoms with Crippen LogP contribution in [0.3, 0.4) is 0 Å². The van der Waals surface area contributed by atoms with Crippen LogP contribution < -0.4 is 0 Å². The van der Waals surface area contributed by atoms with E-state index in [1.54, 1.807) is 6.07 Å². The van der Waals surface area contributed by atoms with Crippen LogP contribution in [0.5, 0.6) is 0 Å². The van der Waals surface area contributed by atoms with Crippen molar-refractivity contribution in [3.05, 3.63) is 59.2 Å². The highest BCUT2D eigenvalue weighted by Gasteiger charge is 2.31. The normalized spacial score (nSPS) is 12.0. The van der Waals surface area contributed by atoms with Crippen molar-refractivity contribution in [2.24, 2.45) is 5.92 Å². The molecular formula is C17H15F5. The van der Waals surface area contributed by atoms with Crippen LogP contribution in [0.25, 0.3) is 11.1 Å². The maximum atomic E-state index is 14.1. The van der Waals surface area contributed by atoms with Crippen molar-refractivity contribution in [1.82, 2.24) is 0 Å². The van der Waals surface area contributed by atoms with Crippen molar-refractivity contribution in [2.75, 3.05) is 0 Å². The van der Waals surface area contributed by atoms with Gasteiger partial charge in [0.25, 0.3) is 0 Å². The molecule has 0 saturated heterocycles.